The van der Waals surface area contributed by atoms with Crippen molar-refractivity contribution in [3.05, 3.63) is 21.9 Å². The van der Waals surface area contributed by atoms with Gasteiger partial charge < -0.3 is 5.11 Å². The number of aliphatic hydroxyl groups is 1. The number of aliphatic hydroxyl groups excluding tert-OH is 1. The van der Waals surface area contributed by atoms with Gasteiger partial charge in [-0.05, 0) is 19.9 Å². The summed E-state index contributed by atoms with van der Waals surface area (Å²) in [4.78, 5) is 10.2. The van der Waals surface area contributed by atoms with E-state index in [1.54, 1.807) is 18.3 Å². The van der Waals surface area contributed by atoms with Crippen LogP contribution in [0.5, 0.6) is 0 Å². The topological polar surface area (TPSA) is 46.0 Å². The molecule has 0 aliphatic heterocycles. The van der Waals surface area contributed by atoms with E-state index in [0.29, 0.717) is 11.0 Å². The third-order valence-electron chi connectivity index (χ3n) is 1.86. The minimum absolute atomic E-state index is 0.379. The third kappa shape index (κ3) is 1.61. The van der Waals surface area contributed by atoms with Crippen LogP contribution in [0, 0.1) is 6.92 Å². The van der Waals surface area contributed by atoms with E-state index in [4.69, 9.17) is 11.6 Å². The highest BCUT2D eigenvalue weighted by Crippen LogP contribution is 2.29. The molecule has 0 aromatic carbocycles. The van der Waals surface area contributed by atoms with Crippen LogP contribution in [-0.4, -0.2) is 15.1 Å². The lowest BCUT2D eigenvalue weighted by Crippen LogP contribution is -1.99. The Hall–Kier alpha value is -0.710. The lowest BCUT2D eigenvalue weighted by atomic mass is 10.3. The van der Waals surface area contributed by atoms with Crippen LogP contribution in [-0.2, 0) is 0 Å². The molecule has 3 nitrogen and oxygen atoms in total. The van der Waals surface area contributed by atoms with Gasteiger partial charge in [-0.25, -0.2) is 9.97 Å². The number of thiophene rings is 1. The van der Waals surface area contributed by atoms with E-state index in [1.807, 2.05) is 13.0 Å². The Morgan fingerprint density at radius 1 is 1.50 bits per heavy atom. The fourth-order valence-electron chi connectivity index (χ4n) is 1.21. The monoisotopic (exact) mass is 228 g/mol. The van der Waals surface area contributed by atoms with E-state index >= 15 is 0 Å². The largest absolute Gasteiger partial charge is 0.385 e. The number of aromatic nitrogens is 2. The van der Waals surface area contributed by atoms with Gasteiger partial charge in [0.2, 0.25) is 0 Å². The molecule has 2 aromatic rings. The number of hydrogen-bond acceptors (Lipinski definition) is 4. The van der Waals surface area contributed by atoms with Crippen LogP contribution in [0.25, 0.3) is 10.2 Å². The van der Waals surface area contributed by atoms with Gasteiger partial charge in [-0.1, -0.05) is 11.6 Å². The number of rotatable bonds is 1. The van der Waals surface area contributed by atoms with E-state index in [-0.39, 0.29) is 0 Å². The van der Waals surface area contributed by atoms with Crippen LogP contribution >= 0.6 is 22.9 Å². The minimum atomic E-state index is -0.681. The highest BCUT2D eigenvalue weighted by atomic mass is 35.5. The number of fused-ring (bicyclic) bond motifs is 1. The molecule has 0 saturated carbocycles. The summed E-state index contributed by atoms with van der Waals surface area (Å²) in [6.07, 6.45) is -0.681. The summed E-state index contributed by atoms with van der Waals surface area (Å²) < 4.78 is 0. The molecule has 0 radical (unpaired) electrons. The summed E-state index contributed by atoms with van der Waals surface area (Å²) in [6.45, 7) is 3.61. The fourth-order valence-corrected chi connectivity index (χ4v) is 2.38. The van der Waals surface area contributed by atoms with E-state index in [1.165, 1.54) is 0 Å². The first-order chi connectivity index (χ1) is 6.58. The zero-order valence-electron chi connectivity index (χ0n) is 7.78. The molecule has 0 fully saturated rings. The van der Waals surface area contributed by atoms with Gasteiger partial charge >= 0.3 is 0 Å². The average Bonchev–Trinajstić information content (AvgIpc) is 2.45. The number of aryl methyl sites for hydroxylation is 1. The highest BCUT2D eigenvalue weighted by molar-refractivity contribution is 7.18. The quantitative estimate of drug-likeness (QED) is 0.764. The van der Waals surface area contributed by atoms with Crippen molar-refractivity contribution in [3.8, 4) is 0 Å². The van der Waals surface area contributed by atoms with Gasteiger partial charge in [0.15, 0.2) is 5.82 Å². The summed E-state index contributed by atoms with van der Waals surface area (Å²) in [5.41, 5.74) is 0. The van der Waals surface area contributed by atoms with Crippen molar-refractivity contribution in [3.63, 3.8) is 0 Å². The second kappa shape index (κ2) is 3.46. The molecule has 0 aliphatic carbocycles. The molecule has 14 heavy (non-hydrogen) atoms. The molecular formula is C9H9ClN2OS. The van der Waals surface area contributed by atoms with Crippen LogP contribution in [0.1, 0.15) is 23.7 Å². The van der Waals surface area contributed by atoms with Crippen molar-refractivity contribution >= 4 is 33.2 Å². The third-order valence-corrected chi connectivity index (χ3v) is 3.09. The first-order valence-corrected chi connectivity index (χ1v) is 5.39. The van der Waals surface area contributed by atoms with Crippen molar-refractivity contribution in [2.45, 2.75) is 20.0 Å². The smallest absolute Gasteiger partial charge is 0.159 e. The summed E-state index contributed by atoms with van der Waals surface area (Å²) in [5, 5.41) is 10.6. The first-order valence-electron chi connectivity index (χ1n) is 4.19. The van der Waals surface area contributed by atoms with Crippen molar-refractivity contribution in [1.82, 2.24) is 9.97 Å². The van der Waals surface area contributed by atoms with Gasteiger partial charge in [0, 0.05) is 10.3 Å². The van der Waals surface area contributed by atoms with Crippen LogP contribution < -0.4 is 0 Å². The zero-order chi connectivity index (χ0) is 10.3. The molecule has 2 heterocycles. The van der Waals surface area contributed by atoms with Gasteiger partial charge in [0.05, 0.1) is 0 Å². The summed E-state index contributed by atoms with van der Waals surface area (Å²) >= 11 is 7.52. The molecule has 0 bridgehead atoms. The molecule has 1 N–H and O–H groups in total. The number of nitrogens with zero attached hydrogens (tertiary/aromatic N) is 2. The van der Waals surface area contributed by atoms with Gasteiger partial charge in [-0.15, -0.1) is 11.3 Å². The van der Waals surface area contributed by atoms with E-state index in [2.05, 4.69) is 9.97 Å². The Kier molecular flexibility index (Phi) is 2.43. The SMILES string of the molecule is Cc1cc2c(Cl)nc(C(C)O)nc2s1. The molecule has 74 valence electrons. The second-order valence-corrected chi connectivity index (χ2v) is 4.72. The van der Waals surface area contributed by atoms with Crippen molar-refractivity contribution in [2.75, 3.05) is 0 Å². The number of halogens is 1. The van der Waals surface area contributed by atoms with Crippen molar-refractivity contribution in [1.29, 1.82) is 0 Å². The first kappa shape index (κ1) is 9.83. The maximum atomic E-state index is 9.34. The Morgan fingerprint density at radius 2 is 2.21 bits per heavy atom. The van der Waals surface area contributed by atoms with E-state index in [0.717, 1.165) is 15.1 Å². The summed E-state index contributed by atoms with van der Waals surface area (Å²) in [5.74, 6) is 0.379. The molecule has 0 spiro atoms. The lowest BCUT2D eigenvalue weighted by molar-refractivity contribution is 0.189. The molecule has 0 saturated heterocycles. The summed E-state index contributed by atoms with van der Waals surface area (Å²) in [7, 11) is 0. The average molecular weight is 229 g/mol. The second-order valence-electron chi connectivity index (χ2n) is 3.12. The minimum Gasteiger partial charge on any atom is -0.385 e. The van der Waals surface area contributed by atoms with Gasteiger partial charge in [-0.3, -0.25) is 0 Å². The van der Waals surface area contributed by atoms with Crippen LogP contribution in [0.3, 0.4) is 0 Å². The molecule has 2 rings (SSSR count). The molecular weight excluding hydrogens is 220 g/mol. The van der Waals surface area contributed by atoms with Crippen LogP contribution in [0.15, 0.2) is 6.07 Å². The maximum absolute atomic E-state index is 9.34. The van der Waals surface area contributed by atoms with Gasteiger partial charge in [0.1, 0.15) is 16.1 Å². The summed E-state index contributed by atoms with van der Waals surface area (Å²) in [6, 6.07) is 1.95. The van der Waals surface area contributed by atoms with Gasteiger partial charge in [-0.2, -0.15) is 0 Å². The van der Waals surface area contributed by atoms with E-state index < -0.39 is 6.10 Å². The standard InChI is InChI=1S/C9H9ClN2OS/c1-4-3-6-7(10)11-8(5(2)13)12-9(6)14-4/h3,5,13H,1-2H3. The predicted molar refractivity (Wildman–Crippen MR) is 57.8 cm³/mol. The van der Waals surface area contributed by atoms with Crippen molar-refractivity contribution < 1.29 is 5.11 Å². The Balaban J connectivity index is 2.71. The predicted octanol–water partition coefficient (Wildman–Crippen LogP) is 2.71. The highest BCUT2D eigenvalue weighted by Gasteiger charge is 2.11. The lowest BCUT2D eigenvalue weighted by Gasteiger charge is -2.02. The zero-order valence-corrected chi connectivity index (χ0v) is 9.35. The molecule has 0 amide bonds. The molecule has 0 aliphatic rings. The molecule has 1 atom stereocenters. The molecule has 2 aromatic heterocycles. The van der Waals surface area contributed by atoms with Gasteiger partial charge in [0.25, 0.3) is 0 Å². The molecule has 1 unspecified atom stereocenters. The Labute approximate surface area is 90.4 Å². The van der Waals surface area contributed by atoms with Crippen LogP contribution in [0.2, 0.25) is 5.15 Å². The van der Waals surface area contributed by atoms with E-state index in [9.17, 15) is 5.11 Å². The fraction of sp³-hybridized carbons (Fsp3) is 0.333. The van der Waals surface area contributed by atoms with Crippen LogP contribution in [0.4, 0.5) is 0 Å². The number of hydrogen-bond donors (Lipinski definition) is 1. The molecule has 5 heteroatoms. The normalized spacial score (nSPS) is 13.4. The maximum Gasteiger partial charge on any atom is 0.159 e. The Bertz CT molecular complexity index is 481. The Morgan fingerprint density at radius 3 is 2.86 bits per heavy atom. The van der Waals surface area contributed by atoms with Crippen molar-refractivity contribution in [2.24, 2.45) is 0 Å².